The summed E-state index contributed by atoms with van der Waals surface area (Å²) in [7, 11) is 2.13. The second-order valence-electron chi connectivity index (χ2n) is 5.40. The maximum atomic E-state index is 11.7. The van der Waals surface area contributed by atoms with Crippen LogP contribution in [-0.2, 0) is 4.79 Å². The average Bonchev–Trinajstić information content (AvgIpc) is 2.85. The molecule has 0 radical (unpaired) electrons. The van der Waals surface area contributed by atoms with Crippen molar-refractivity contribution in [2.75, 3.05) is 26.7 Å². The van der Waals surface area contributed by atoms with E-state index in [4.69, 9.17) is 0 Å². The SMILES string of the molecule is CN1CCC(=CC(=O)NCCC2=CCCC2)CC1. The summed E-state index contributed by atoms with van der Waals surface area (Å²) >= 11 is 0. The number of carbonyl (C=O) groups is 1. The van der Waals surface area contributed by atoms with Crippen LogP contribution in [0.4, 0.5) is 0 Å². The third-order valence-electron chi connectivity index (χ3n) is 3.84. The third kappa shape index (κ3) is 4.30. The van der Waals surface area contributed by atoms with Crippen molar-refractivity contribution in [1.29, 1.82) is 0 Å². The maximum Gasteiger partial charge on any atom is 0.243 e. The van der Waals surface area contributed by atoms with Crippen LogP contribution < -0.4 is 5.32 Å². The van der Waals surface area contributed by atoms with Gasteiger partial charge in [0.05, 0.1) is 0 Å². The molecule has 1 amide bonds. The van der Waals surface area contributed by atoms with Crippen molar-refractivity contribution in [3.8, 4) is 0 Å². The molecule has 1 aliphatic carbocycles. The zero-order valence-corrected chi connectivity index (χ0v) is 11.4. The molecule has 3 heteroatoms. The van der Waals surface area contributed by atoms with E-state index < -0.39 is 0 Å². The van der Waals surface area contributed by atoms with Gasteiger partial charge in [0, 0.05) is 25.7 Å². The second-order valence-corrected chi connectivity index (χ2v) is 5.40. The number of allylic oxidation sites excluding steroid dienone is 1. The minimum Gasteiger partial charge on any atom is -0.352 e. The fraction of sp³-hybridized carbons (Fsp3) is 0.667. The van der Waals surface area contributed by atoms with E-state index in [0.717, 1.165) is 38.9 Å². The van der Waals surface area contributed by atoms with Crippen molar-refractivity contribution in [2.24, 2.45) is 0 Å². The number of hydrogen-bond acceptors (Lipinski definition) is 2. The fourth-order valence-corrected chi connectivity index (χ4v) is 2.60. The van der Waals surface area contributed by atoms with Gasteiger partial charge in [0.1, 0.15) is 0 Å². The number of nitrogens with zero attached hydrogens (tertiary/aromatic N) is 1. The molecule has 0 bridgehead atoms. The quantitative estimate of drug-likeness (QED) is 0.611. The van der Waals surface area contributed by atoms with Crippen LogP contribution in [-0.4, -0.2) is 37.5 Å². The van der Waals surface area contributed by atoms with E-state index in [1.807, 2.05) is 6.08 Å². The van der Waals surface area contributed by atoms with Gasteiger partial charge in [-0.3, -0.25) is 4.79 Å². The minimum absolute atomic E-state index is 0.0909. The summed E-state index contributed by atoms with van der Waals surface area (Å²) in [5.74, 6) is 0.0909. The first kappa shape index (κ1) is 13.3. The number of rotatable bonds is 4. The highest BCUT2D eigenvalue weighted by Gasteiger charge is 2.11. The monoisotopic (exact) mass is 248 g/mol. The van der Waals surface area contributed by atoms with E-state index >= 15 is 0 Å². The van der Waals surface area contributed by atoms with Gasteiger partial charge in [0.25, 0.3) is 0 Å². The Bertz CT molecular complexity index is 348. The van der Waals surface area contributed by atoms with Crippen LogP contribution in [0.3, 0.4) is 0 Å². The standard InChI is InChI=1S/C15H24N2O/c1-17-10-7-14(8-11-17)12-15(18)16-9-6-13-4-2-3-5-13/h4,12H,2-3,5-11H2,1H3,(H,16,18). The van der Waals surface area contributed by atoms with Crippen molar-refractivity contribution in [2.45, 2.75) is 38.5 Å². The molecule has 3 nitrogen and oxygen atoms in total. The highest BCUT2D eigenvalue weighted by atomic mass is 16.1. The summed E-state index contributed by atoms with van der Waals surface area (Å²) in [5.41, 5.74) is 2.81. The van der Waals surface area contributed by atoms with E-state index in [1.165, 1.54) is 30.4 Å². The molecule has 0 aromatic heterocycles. The Hall–Kier alpha value is -1.09. The molecule has 0 atom stereocenters. The summed E-state index contributed by atoms with van der Waals surface area (Å²) in [4.78, 5) is 14.1. The molecule has 0 aromatic carbocycles. The zero-order chi connectivity index (χ0) is 12.8. The Morgan fingerprint density at radius 1 is 1.39 bits per heavy atom. The first-order valence-electron chi connectivity index (χ1n) is 7.08. The van der Waals surface area contributed by atoms with Crippen LogP contribution in [0, 0.1) is 0 Å². The first-order valence-corrected chi connectivity index (χ1v) is 7.08. The van der Waals surface area contributed by atoms with Gasteiger partial charge >= 0.3 is 0 Å². The lowest BCUT2D eigenvalue weighted by Crippen LogP contribution is -2.28. The zero-order valence-electron chi connectivity index (χ0n) is 11.4. The normalized spacial score (nSPS) is 20.7. The van der Waals surface area contributed by atoms with Crippen LogP contribution in [0.5, 0.6) is 0 Å². The van der Waals surface area contributed by atoms with Crippen LogP contribution in [0.25, 0.3) is 0 Å². The molecule has 100 valence electrons. The highest BCUT2D eigenvalue weighted by Crippen LogP contribution is 2.19. The maximum absolute atomic E-state index is 11.7. The lowest BCUT2D eigenvalue weighted by atomic mass is 10.0. The topological polar surface area (TPSA) is 32.3 Å². The molecular formula is C15H24N2O. The van der Waals surface area contributed by atoms with Crippen LogP contribution in [0.15, 0.2) is 23.3 Å². The van der Waals surface area contributed by atoms with E-state index in [2.05, 4.69) is 23.3 Å². The predicted octanol–water partition coefficient (Wildman–Crippen LogP) is 2.26. The molecule has 1 aliphatic heterocycles. The van der Waals surface area contributed by atoms with Gasteiger partial charge in [-0.25, -0.2) is 0 Å². The smallest absolute Gasteiger partial charge is 0.243 e. The van der Waals surface area contributed by atoms with Crippen LogP contribution in [0.2, 0.25) is 0 Å². The molecule has 2 aliphatic rings. The number of nitrogens with one attached hydrogen (secondary N) is 1. The Kier molecular flexibility index (Phi) is 5.00. The Labute approximate surface area is 110 Å². The largest absolute Gasteiger partial charge is 0.352 e. The van der Waals surface area contributed by atoms with Gasteiger partial charge in [-0.05, 0) is 45.6 Å². The molecule has 1 saturated heterocycles. The third-order valence-corrected chi connectivity index (χ3v) is 3.84. The average molecular weight is 248 g/mol. The number of hydrogen-bond donors (Lipinski definition) is 1. The summed E-state index contributed by atoms with van der Waals surface area (Å²) in [5, 5.41) is 3.00. The summed E-state index contributed by atoms with van der Waals surface area (Å²) in [6, 6.07) is 0. The Morgan fingerprint density at radius 3 is 2.83 bits per heavy atom. The van der Waals surface area contributed by atoms with Gasteiger partial charge in [-0.1, -0.05) is 17.2 Å². The molecule has 0 unspecified atom stereocenters. The Balaban J connectivity index is 1.66. The van der Waals surface area contributed by atoms with E-state index in [-0.39, 0.29) is 5.91 Å². The molecule has 1 N–H and O–H groups in total. The first-order chi connectivity index (χ1) is 8.74. The number of likely N-dealkylation sites (tertiary alicyclic amines) is 1. The Morgan fingerprint density at radius 2 is 2.17 bits per heavy atom. The molecule has 18 heavy (non-hydrogen) atoms. The highest BCUT2D eigenvalue weighted by molar-refractivity contribution is 5.88. The summed E-state index contributed by atoms with van der Waals surface area (Å²) in [6.45, 7) is 2.94. The second kappa shape index (κ2) is 6.74. The predicted molar refractivity (Wildman–Crippen MR) is 74.4 cm³/mol. The molecule has 0 spiro atoms. The fourth-order valence-electron chi connectivity index (χ4n) is 2.60. The van der Waals surface area contributed by atoms with E-state index in [0.29, 0.717) is 0 Å². The summed E-state index contributed by atoms with van der Waals surface area (Å²) < 4.78 is 0. The van der Waals surface area contributed by atoms with Gasteiger partial charge < -0.3 is 10.2 Å². The van der Waals surface area contributed by atoms with Crippen molar-refractivity contribution >= 4 is 5.91 Å². The van der Waals surface area contributed by atoms with Crippen molar-refractivity contribution < 1.29 is 4.79 Å². The van der Waals surface area contributed by atoms with Gasteiger partial charge in [0.2, 0.25) is 5.91 Å². The molecule has 0 aromatic rings. The van der Waals surface area contributed by atoms with Crippen molar-refractivity contribution in [3.05, 3.63) is 23.3 Å². The minimum atomic E-state index is 0.0909. The van der Waals surface area contributed by atoms with Crippen LogP contribution in [0.1, 0.15) is 38.5 Å². The lowest BCUT2D eigenvalue weighted by molar-refractivity contribution is -0.116. The van der Waals surface area contributed by atoms with Crippen molar-refractivity contribution in [3.63, 3.8) is 0 Å². The van der Waals surface area contributed by atoms with Gasteiger partial charge in [-0.2, -0.15) is 0 Å². The molecule has 2 rings (SSSR count). The van der Waals surface area contributed by atoms with E-state index in [1.54, 1.807) is 0 Å². The molecule has 0 saturated carbocycles. The molecular weight excluding hydrogens is 224 g/mol. The van der Waals surface area contributed by atoms with E-state index in [9.17, 15) is 4.79 Å². The van der Waals surface area contributed by atoms with Gasteiger partial charge in [-0.15, -0.1) is 0 Å². The molecule has 1 fully saturated rings. The number of carbonyl (C=O) groups excluding carboxylic acids is 1. The number of amides is 1. The van der Waals surface area contributed by atoms with Crippen LogP contribution >= 0.6 is 0 Å². The number of piperidine rings is 1. The van der Waals surface area contributed by atoms with Gasteiger partial charge in [0.15, 0.2) is 0 Å². The molecule has 1 heterocycles. The van der Waals surface area contributed by atoms with Crippen molar-refractivity contribution in [1.82, 2.24) is 10.2 Å². The summed E-state index contributed by atoms with van der Waals surface area (Å²) in [6.07, 6.45) is 11.0. The lowest BCUT2D eigenvalue weighted by Gasteiger charge is -2.23.